The molecule has 3 radical (unpaired) electrons. The zero-order chi connectivity index (χ0) is 21.8. The quantitative estimate of drug-likeness (QED) is 0.405. The van der Waals surface area contributed by atoms with Crippen LogP contribution < -0.4 is 0 Å². The first-order chi connectivity index (χ1) is 14.9. The van der Waals surface area contributed by atoms with Crippen LogP contribution in [0.5, 0.6) is 0 Å². The lowest BCUT2D eigenvalue weighted by molar-refractivity contribution is 0.368. The highest BCUT2D eigenvalue weighted by atomic mass is 28.3. The molecule has 0 unspecified atom stereocenters. The first kappa shape index (κ1) is 20.0. The van der Waals surface area contributed by atoms with Gasteiger partial charge >= 0.3 is 0 Å². The van der Waals surface area contributed by atoms with Crippen molar-refractivity contribution in [1.29, 1.82) is 0 Å². The standard InChI is InChI=1S/C28H31Si3/c1-29(2)26-19-13-7-9-15-21(19)27(30(3)4)23-17-11-12-18-24(23)28(25(26)27,31(5)6)22-16-10-8-14-20(22)26/h7-18,25H,1-6H3. The summed E-state index contributed by atoms with van der Waals surface area (Å²) in [5, 5.41) is 0.586. The van der Waals surface area contributed by atoms with Gasteiger partial charge in [0.2, 0.25) is 0 Å². The lowest BCUT2D eigenvalue weighted by atomic mass is 9.83. The highest BCUT2D eigenvalue weighted by Gasteiger charge is 2.78. The van der Waals surface area contributed by atoms with Gasteiger partial charge in [-0.2, -0.15) is 0 Å². The van der Waals surface area contributed by atoms with Gasteiger partial charge in [0.05, 0.1) is 26.4 Å². The van der Waals surface area contributed by atoms with E-state index in [1.165, 1.54) is 0 Å². The molecule has 0 amide bonds. The molecule has 3 heteroatoms. The van der Waals surface area contributed by atoms with Crippen molar-refractivity contribution in [3.05, 3.63) is 106 Å². The average molecular weight is 452 g/mol. The topological polar surface area (TPSA) is 0 Å². The molecular weight excluding hydrogens is 421 g/mol. The van der Waals surface area contributed by atoms with Gasteiger partial charge in [-0.25, -0.2) is 0 Å². The van der Waals surface area contributed by atoms with Crippen molar-refractivity contribution in [2.45, 2.75) is 54.4 Å². The summed E-state index contributed by atoms with van der Waals surface area (Å²) in [4.78, 5) is 0. The molecule has 3 aromatic carbocycles. The van der Waals surface area contributed by atoms with Crippen molar-refractivity contribution < 1.29 is 0 Å². The molecule has 0 aliphatic heterocycles. The molecule has 0 N–H and O–H groups in total. The van der Waals surface area contributed by atoms with Crippen LogP contribution in [0.25, 0.3) is 0 Å². The van der Waals surface area contributed by atoms with Gasteiger partial charge in [-0.05, 0) is 39.3 Å². The van der Waals surface area contributed by atoms with Gasteiger partial charge in [0.25, 0.3) is 0 Å². The summed E-state index contributed by atoms with van der Waals surface area (Å²) < 4.78 is 0. The zero-order valence-electron chi connectivity index (χ0n) is 19.5. The highest BCUT2D eigenvalue weighted by Crippen LogP contribution is 2.77. The summed E-state index contributed by atoms with van der Waals surface area (Å²) in [5.41, 5.74) is 10.1. The van der Waals surface area contributed by atoms with Crippen LogP contribution >= 0.6 is 0 Å². The van der Waals surface area contributed by atoms with E-state index in [4.69, 9.17) is 0 Å². The molecule has 31 heavy (non-hydrogen) atoms. The molecule has 155 valence electrons. The largest absolute Gasteiger partial charge is 0.0702 e. The number of hydrogen-bond acceptors (Lipinski definition) is 0. The minimum atomic E-state index is -0.683. The van der Waals surface area contributed by atoms with Crippen LogP contribution in [-0.4, -0.2) is 26.4 Å². The van der Waals surface area contributed by atoms with Gasteiger partial charge in [-0.1, -0.05) is 112 Å². The van der Waals surface area contributed by atoms with Crippen LogP contribution in [0.2, 0.25) is 39.3 Å². The zero-order valence-corrected chi connectivity index (χ0v) is 22.5. The maximum atomic E-state index is 2.60. The van der Waals surface area contributed by atoms with Crippen LogP contribution in [0, 0.1) is 5.92 Å². The molecule has 0 heterocycles. The maximum Gasteiger partial charge on any atom is 0.0602 e. The predicted octanol–water partition coefficient (Wildman–Crippen LogP) is 6.38. The van der Waals surface area contributed by atoms with E-state index in [0.717, 1.165) is 0 Å². The summed E-state index contributed by atoms with van der Waals surface area (Å²) in [6.07, 6.45) is 0. The van der Waals surface area contributed by atoms with E-state index in [2.05, 4.69) is 112 Å². The normalized spacial score (nSPS) is 31.8. The first-order valence-corrected chi connectivity index (χ1v) is 19.1. The molecule has 6 rings (SSSR count). The molecule has 0 atom stereocenters. The van der Waals surface area contributed by atoms with Gasteiger partial charge in [0, 0.05) is 15.1 Å². The SMILES string of the molecule is C[Si](C)C12c3ccccc3C3([Si](C)C)c4ccccc4C([Si](C)C)(c4ccccc41)C23. The van der Waals surface area contributed by atoms with E-state index in [-0.39, 0.29) is 15.1 Å². The average Bonchev–Trinajstić information content (AvgIpc) is 3.31. The highest BCUT2D eigenvalue weighted by molar-refractivity contribution is 6.68. The molecule has 0 nitrogen and oxygen atoms in total. The van der Waals surface area contributed by atoms with Crippen LogP contribution in [0.3, 0.4) is 0 Å². The van der Waals surface area contributed by atoms with Gasteiger partial charge in [-0.15, -0.1) is 0 Å². The molecular formula is C28H31Si3. The first-order valence-electron chi connectivity index (χ1n) is 11.6. The molecule has 0 saturated heterocycles. The monoisotopic (exact) mass is 451 g/mol. The third-order valence-corrected chi connectivity index (χ3v) is 16.2. The predicted molar refractivity (Wildman–Crippen MR) is 138 cm³/mol. The minimum Gasteiger partial charge on any atom is -0.0702 e. The fourth-order valence-corrected chi connectivity index (χ4v) is 16.3. The number of hydrogen-bond donors (Lipinski definition) is 0. The van der Waals surface area contributed by atoms with Crippen molar-refractivity contribution >= 4 is 26.4 Å². The van der Waals surface area contributed by atoms with Crippen LogP contribution in [0.15, 0.2) is 72.8 Å². The lowest BCUT2D eigenvalue weighted by Crippen LogP contribution is -2.56. The molecule has 3 aromatic rings. The van der Waals surface area contributed by atoms with Crippen molar-refractivity contribution in [1.82, 2.24) is 0 Å². The summed E-state index contributed by atoms with van der Waals surface area (Å²) in [6.45, 7) is 15.6. The second kappa shape index (κ2) is 6.21. The fraction of sp³-hybridized carbons (Fsp3) is 0.357. The van der Waals surface area contributed by atoms with Crippen LogP contribution in [0.4, 0.5) is 0 Å². The fourth-order valence-electron chi connectivity index (χ4n) is 8.34. The minimum absolute atomic E-state index is 0.195. The summed E-state index contributed by atoms with van der Waals surface area (Å²) in [7, 11) is -2.05. The molecule has 3 aliphatic rings. The van der Waals surface area contributed by atoms with E-state index in [0.29, 0.717) is 5.92 Å². The van der Waals surface area contributed by atoms with Gasteiger partial charge in [0.1, 0.15) is 0 Å². The molecule has 0 bridgehead atoms. The van der Waals surface area contributed by atoms with Crippen molar-refractivity contribution in [3.8, 4) is 0 Å². The second-order valence-electron chi connectivity index (χ2n) is 10.5. The Balaban J connectivity index is 1.93. The van der Waals surface area contributed by atoms with E-state index in [1.54, 1.807) is 33.4 Å². The molecule has 0 saturated carbocycles. The Morgan fingerprint density at radius 2 is 0.613 bits per heavy atom. The van der Waals surface area contributed by atoms with Gasteiger partial charge < -0.3 is 0 Å². The summed E-state index contributed by atoms with van der Waals surface area (Å²) >= 11 is 0. The van der Waals surface area contributed by atoms with E-state index in [9.17, 15) is 0 Å². The number of benzene rings is 3. The van der Waals surface area contributed by atoms with Crippen molar-refractivity contribution in [2.75, 3.05) is 0 Å². The Labute approximate surface area is 192 Å². The second-order valence-corrected chi connectivity index (χ2v) is 18.9. The third kappa shape index (κ3) is 1.84. The molecule has 0 fully saturated rings. The summed E-state index contributed by atoms with van der Waals surface area (Å²) in [6, 6.07) is 29.0. The number of fused-ring (bicyclic) bond motifs is 9. The van der Waals surface area contributed by atoms with Crippen LogP contribution in [0.1, 0.15) is 33.4 Å². The van der Waals surface area contributed by atoms with E-state index >= 15 is 0 Å². The maximum absolute atomic E-state index is 2.60. The molecule has 0 aromatic heterocycles. The molecule has 3 aliphatic carbocycles. The third-order valence-electron chi connectivity index (χ3n) is 9.00. The Morgan fingerprint density at radius 3 is 0.774 bits per heavy atom. The van der Waals surface area contributed by atoms with Crippen LogP contribution in [-0.2, 0) is 15.1 Å². The lowest BCUT2D eigenvalue weighted by Gasteiger charge is -2.47. The van der Waals surface area contributed by atoms with E-state index in [1.807, 2.05) is 0 Å². The Hall–Kier alpha value is -1.69. The van der Waals surface area contributed by atoms with Crippen molar-refractivity contribution in [3.63, 3.8) is 0 Å². The Kier molecular flexibility index (Phi) is 4.00. The van der Waals surface area contributed by atoms with Gasteiger partial charge in [-0.3, -0.25) is 0 Å². The Morgan fingerprint density at radius 1 is 0.419 bits per heavy atom. The summed E-state index contributed by atoms with van der Waals surface area (Å²) in [5.74, 6) is 0.649. The van der Waals surface area contributed by atoms with Gasteiger partial charge in [0.15, 0.2) is 0 Å². The Bertz CT molecular complexity index is 986. The smallest absolute Gasteiger partial charge is 0.0602 e. The number of rotatable bonds is 3. The molecule has 0 spiro atoms. The van der Waals surface area contributed by atoms with E-state index < -0.39 is 26.4 Å². The van der Waals surface area contributed by atoms with Crippen molar-refractivity contribution in [2.24, 2.45) is 5.92 Å².